The van der Waals surface area contributed by atoms with Crippen molar-refractivity contribution >= 4 is 16.0 Å². The van der Waals surface area contributed by atoms with E-state index in [4.69, 9.17) is 19.9 Å². The number of benzene rings is 1. The molecule has 1 heterocycles. The van der Waals surface area contributed by atoms with Gasteiger partial charge in [0.25, 0.3) is 0 Å². The molecule has 0 aliphatic carbocycles. The van der Waals surface area contributed by atoms with Gasteiger partial charge in [-0.1, -0.05) is 6.92 Å². The third kappa shape index (κ3) is 3.44. The average molecular weight is 372 g/mol. The Labute approximate surface area is 147 Å². The molecule has 1 aliphatic heterocycles. The van der Waals surface area contributed by atoms with Crippen LogP contribution < -0.4 is 15.2 Å². The fourth-order valence-electron chi connectivity index (χ4n) is 2.91. The zero-order valence-electron chi connectivity index (χ0n) is 14.9. The smallest absolute Gasteiger partial charge is 0.345 e. The van der Waals surface area contributed by atoms with Gasteiger partial charge in [-0.2, -0.15) is 4.31 Å². The molecule has 2 rings (SSSR count). The minimum Gasteiger partial charge on any atom is -0.496 e. The highest BCUT2D eigenvalue weighted by atomic mass is 32.2. The van der Waals surface area contributed by atoms with Crippen molar-refractivity contribution in [3.8, 4) is 11.5 Å². The van der Waals surface area contributed by atoms with Crippen molar-refractivity contribution in [3.05, 3.63) is 17.7 Å². The molecule has 140 valence electrons. The van der Waals surface area contributed by atoms with Crippen molar-refractivity contribution in [3.63, 3.8) is 0 Å². The highest BCUT2D eigenvalue weighted by Crippen LogP contribution is 2.39. The fourth-order valence-corrected chi connectivity index (χ4v) is 4.66. The van der Waals surface area contributed by atoms with E-state index in [1.807, 2.05) is 6.92 Å². The molecule has 1 unspecified atom stereocenters. The number of carbonyl (C=O) groups is 1. The van der Waals surface area contributed by atoms with Crippen LogP contribution in [0.15, 0.2) is 17.0 Å². The van der Waals surface area contributed by atoms with Gasteiger partial charge in [-0.3, -0.25) is 0 Å². The molecule has 9 heteroatoms. The lowest BCUT2D eigenvalue weighted by molar-refractivity contribution is 0.0592. The normalized spacial score (nSPS) is 21.2. The van der Waals surface area contributed by atoms with Gasteiger partial charge in [0.1, 0.15) is 16.2 Å². The molecule has 1 aromatic rings. The van der Waals surface area contributed by atoms with Gasteiger partial charge in [0.15, 0.2) is 5.75 Å². The minimum absolute atomic E-state index is 0.0608. The van der Waals surface area contributed by atoms with Crippen LogP contribution in [0.3, 0.4) is 0 Å². The first-order valence-electron chi connectivity index (χ1n) is 7.77. The molecular weight excluding hydrogens is 348 g/mol. The lowest BCUT2D eigenvalue weighted by atomic mass is 9.90. The summed E-state index contributed by atoms with van der Waals surface area (Å²) >= 11 is 0. The molecule has 0 spiro atoms. The first-order valence-corrected chi connectivity index (χ1v) is 9.21. The summed E-state index contributed by atoms with van der Waals surface area (Å²) < 4.78 is 42.7. The van der Waals surface area contributed by atoms with Gasteiger partial charge in [-0.25, -0.2) is 13.2 Å². The quantitative estimate of drug-likeness (QED) is 0.738. The molecule has 1 fully saturated rings. The molecule has 0 amide bonds. The Morgan fingerprint density at radius 2 is 1.96 bits per heavy atom. The Morgan fingerprint density at radius 3 is 2.44 bits per heavy atom. The number of rotatable bonds is 6. The van der Waals surface area contributed by atoms with Crippen molar-refractivity contribution < 1.29 is 27.4 Å². The van der Waals surface area contributed by atoms with Crippen LogP contribution in [-0.4, -0.2) is 59.7 Å². The molecule has 8 nitrogen and oxygen atoms in total. The Kier molecular flexibility index (Phi) is 5.60. The molecule has 1 atom stereocenters. The van der Waals surface area contributed by atoms with E-state index < -0.39 is 16.0 Å². The van der Waals surface area contributed by atoms with Gasteiger partial charge in [0, 0.05) is 13.1 Å². The van der Waals surface area contributed by atoms with E-state index in [0.717, 1.165) is 0 Å². The first-order chi connectivity index (χ1) is 11.7. The fraction of sp³-hybridized carbons (Fsp3) is 0.562. The third-order valence-corrected chi connectivity index (χ3v) is 6.40. The zero-order chi connectivity index (χ0) is 18.8. The Balaban J connectivity index is 2.57. The maximum Gasteiger partial charge on any atom is 0.345 e. The minimum atomic E-state index is -3.86. The van der Waals surface area contributed by atoms with E-state index in [9.17, 15) is 13.2 Å². The van der Waals surface area contributed by atoms with E-state index in [-0.39, 0.29) is 27.4 Å². The Bertz CT molecular complexity index is 764. The highest BCUT2D eigenvalue weighted by Gasteiger charge is 2.41. The number of hydrogen-bond acceptors (Lipinski definition) is 7. The maximum atomic E-state index is 13.1. The standard InChI is InChI=1S/C16H24N2O6S/c1-16(9-17)7-8-18(10-16)25(20,21)12-6-5-11(22-2)13(14(12)23-3)15(19)24-4/h5-6H,7-10,17H2,1-4H3. The summed E-state index contributed by atoms with van der Waals surface area (Å²) in [6.45, 7) is 3.02. The van der Waals surface area contributed by atoms with Gasteiger partial charge >= 0.3 is 5.97 Å². The number of nitrogens with two attached hydrogens (primary N) is 1. The van der Waals surface area contributed by atoms with E-state index in [0.29, 0.717) is 26.1 Å². The van der Waals surface area contributed by atoms with Crippen LogP contribution in [0.1, 0.15) is 23.7 Å². The summed E-state index contributed by atoms with van der Waals surface area (Å²) in [6.07, 6.45) is 0.672. The van der Waals surface area contributed by atoms with Gasteiger partial charge < -0.3 is 19.9 Å². The first kappa shape index (κ1) is 19.5. The summed E-state index contributed by atoms with van der Waals surface area (Å²) in [4.78, 5) is 12.0. The average Bonchev–Trinajstić information content (AvgIpc) is 3.03. The van der Waals surface area contributed by atoms with Crippen LogP contribution in [0.4, 0.5) is 0 Å². The summed E-state index contributed by atoms with van der Waals surface area (Å²) in [5, 5.41) is 0. The summed E-state index contributed by atoms with van der Waals surface area (Å²) in [5.41, 5.74) is 5.44. The van der Waals surface area contributed by atoms with E-state index in [2.05, 4.69) is 0 Å². The molecule has 1 aromatic carbocycles. The van der Waals surface area contributed by atoms with Crippen molar-refractivity contribution in [2.45, 2.75) is 18.2 Å². The van der Waals surface area contributed by atoms with Crippen molar-refractivity contribution in [2.24, 2.45) is 11.1 Å². The largest absolute Gasteiger partial charge is 0.496 e. The lowest BCUT2D eigenvalue weighted by Crippen LogP contribution is -2.34. The molecule has 1 saturated heterocycles. The summed E-state index contributed by atoms with van der Waals surface area (Å²) in [5.74, 6) is -0.651. The third-order valence-electron chi connectivity index (χ3n) is 4.53. The molecule has 25 heavy (non-hydrogen) atoms. The highest BCUT2D eigenvalue weighted by molar-refractivity contribution is 7.89. The second-order valence-corrected chi connectivity index (χ2v) is 8.18. The number of hydrogen-bond donors (Lipinski definition) is 1. The number of ether oxygens (including phenoxy) is 3. The lowest BCUT2D eigenvalue weighted by Gasteiger charge is -2.23. The van der Waals surface area contributed by atoms with E-state index >= 15 is 0 Å². The van der Waals surface area contributed by atoms with Crippen LogP contribution in [0.5, 0.6) is 11.5 Å². The van der Waals surface area contributed by atoms with Crippen LogP contribution in [0, 0.1) is 5.41 Å². The van der Waals surface area contributed by atoms with Crippen LogP contribution in [0.2, 0.25) is 0 Å². The number of esters is 1. The monoisotopic (exact) mass is 372 g/mol. The van der Waals surface area contributed by atoms with Gasteiger partial charge in [0.05, 0.1) is 21.3 Å². The molecule has 0 aromatic heterocycles. The van der Waals surface area contributed by atoms with E-state index in [1.165, 1.54) is 37.8 Å². The number of sulfonamides is 1. The summed E-state index contributed by atoms with van der Waals surface area (Å²) in [6, 6.07) is 2.79. The second kappa shape index (κ2) is 7.19. The molecule has 1 aliphatic rings. The molecule has 2 N–H and O–H groups in total. The molecule has 0 radical (unpaired) electrons. The number of carbonyl (C=O) groups excluding carboxylic acids is 1. The molecule has 0 bridgehead atoms. The van der Waals surface area contributed by atoms with Gasteiger partial charge in [-0.15, -0.1) is 0 Å². The van der Waals surface area contributed by atoms with Crippen molar-refractivity contribution in [1.29, 1.82) is 0 Å². The van der Waals surface area contributed by atoms with Gasteiger partial charge in [0.2, 0.25) is 10.0 Å². The predicted octanol–water partition coefficient (Wildman–Crippen LogP) is 0.850. The maximum absolute atomic E-state index is 13.1. The second-order valence-electron chi connectivity index (χ2n) is 6.27. The van der Waals surface area contributed by atoms with Crippen LogP contribution >= 0.6 is 0 Å². The van der Waals surface area contributed by atoms with Gasteiger partial charge in [-0.05, 0) is 30.5 Å². The molecule has 0 saturated carbocycles. The summed E-state index contributed by atoms with van der Waals surface area (Å²) in [7, 11) is 0.0189. The Hall–Kier alpha value is -1.84. The zero-order valence-corrected chi connectivity index (χ0v) is 15.7. The SMILES string of the molecule is COC(=O)c1c(OC)ccc(S(=O)(=O)N2CCC(C)(CN)C2)c1OC. The number of nitrogens with zero attached hydrogens (tertiary/aromatic N) is 1. The molecular formula is C16H24N2O6S. The van der Waals surface area contributed by atoms with Crippen molar-refractivity contribution in [2.75, 3.05) is 41.0 Å². The van der Waals surface area contributed by atoms with E-state index in [1.54, 1.807) is 0 Å². The van der Waals surface area contributed by atoms with Crippen LogP contribution in [-0.2, 0) is 14.8 Å². The Morgan fingerprint density at radius 1 is 1.28 bits per heavy atom. The van der Waals surface area contributed by atoms with Crippen LogP contribution in [0.25, 0.3) is 0 Å². The number of methoxy groups -OCH3 is 3. The van der Waals surface area contributed by atoms with Crippen molar-refractivity contribution in [1.82, 2.24) is 4.31 Å². The predicted molar refractivity (Wildman–Crippen MR) is 91.4 cm³/mol. The topological polar surface area (TPSA) is 108 Å².